The number of hydrogen-bond acceptors (Lipinski definition) is 4. The van der Waals surface area contributed by atoms with Crippen LogP contribution in [0.15, 0.2) is 0 Å². The van der Waals surface area contributed by atoms with Crippen LogP contribution < -0.4 is 0 Å². The summed E-state index contributed by atoms with van der Waals surface area (Å²) in [4.78, 5) is 2.29. The molecule has 0 aromatic carbocycles. The van der Waals surface area contributed by atoms with Crippen molar-refractivity contribution in [2.24, 2.45) is 0 Å². The number of piperidine rings is 1. The molecule has 1 N–H and O–H groups in total. The first-order valence-electron chi connectivity index (χ1n) is 5.50. The molecular formula is C10H19NO3. The molecule has 82 valence electrons. The fraction of sp³-hybridized carbons (Fsp3) is 1.00. The second-order valence-corrected chi connectivity index (χ2v) is 3.93. The molecule has 2 saturated heterocycles. The Morgan fingerprint density at radius 1 is 1.21 bits per heavy atom. The SMILES string of the molecule is OCCN1CCCC[C@H]1C1OCCO1. The number of ether oxygens (including phenoxy) is 2. The molecule has 0 radical (unpaired) electrons. The third kappa shape index (κ3) is 2.25. The van der Waals surface area contributed by atoms with Crippen molar-refractivity contribution < 1.29 is 14.6 Å². The van der Waals surface area contributed by atoms with Crippen molar-refractivity contribution in [1.82, 2.24) is 4.90 Å². The molecule has 2 heterocycles. The molecule has 2 rings (SSSR count). The van der Waals surface area contributed by atoms with Crippen LogP contribution >= 0.6 is 0 Å². The second kappa shape index (κ2) is 5.07. The van der Waals surface area contributed by atoms with Gasteiger partial charge in [-0.3, -0.25) is 4.90 Å². The van der Waals surface area contributed by atoms with Crippen molar-refractivity contribution in [2.75, 3.05) is 32.9 Å². The summed E-state index contributed by atoms with van der Waals surface area (Å²) < 4.78 is 11.0. The van der Waals surface area contributed by atoms with Gasteiger partial charge in [0.2, 0.25) is 0 Å². The zero-order valence-corrected chi connectivity index (χ0v) is 8.52. The zero-order valence-electron chi connectivity index (χ0n) is 8.52. The van der Waals surface area contributed by atoms with Gasteiger partial charge in [0.1, 0.15) is 0 Å². The lowest BCUT2D eigenvalue weighted by Crippen LogP contribution is -2.48. The number of hydrogen-bond donors (Lipinski definition) is 1. The van der Waals surface area contributed by atoms with E-state index in [0.717, 1.165) is 19.5 Å². The molecular weight excluding hydrogens is 182 g/mol. The topological polar surface area (TPSA) is 41.9 Å². The van der Waals surface area contributed by atoms with Gasteiger partial charge in [0.05, 0.1) is 25.9 Å². The summed E-state index contributed by atoms with van der Waals surface area (Å²) in [5.74, 6) is 0. The zero-order chi connectivity index (χ0) is 9.80. The maximum Gasteiger partial charge on any atom is 0.173 e. The summed E-state index contributed by atoms with van der Waals surface area (Å²) in [6, 6.07) is 0.360. The van der Waals surface area contributed by atoms with Gasteiger partial charge in [-0.15, -0.1) is 0 Å². The van der Waals surface area contributed by atoms with Crippen LogP contribution in [-0.2, 0) is 9.47 Å². The first-order chi connectivity index (χ1) is 6.92. The van der Waals surface area contributed by atoms with E-state index >= 15 is 0 Å². The van der Waals surface area contributed by atoms with E-state index in [-0.39, 0.29) is 12.9 Å². The third-order valence-corrected chi connectivity index (χ3v) is 3.01. The van der Waals surface area contributed by atoms with Gasteiger partial charge in [-0.05, 0) is 19.4 Å². The summed E-state index contributed by atoms with van der Waals surface area (Å²) >= 11 is 0. The van der Waals surface area contributed by atoms with Crippen LogP contribution in [0.4, 0.5) is 0 Å². The molecule has 0 aromatic rings. The average molecular weight is 201 g/mol. The van der Waals surface area contributed by atoms with E-state index in [9.17, 15) is 0 Å². The summed E-state index contributed by atoms with van der Waals surface area (Å²) in [6.07, 6.45) is 3.55. The van der Waals surface area contributed by atoms with E-state index in [1.807, 2.05) is 0 Å². The van der Waals surface area contributed by atoms with Gasteiger partial charge in [0, 0.05) is 6.54 Å². The van der Waals surface area contributed by atoms with Crippen molar-refractivity contribution in [3.63, 3.8) is 0 Å². The van der Waals surface area contributed by atoms with Crippen LogP contribution in [0.1, 0.15) is 19.3 Å². The van der Waals surface area contributed by atoms with Gasteiger partial charge < -0.3 is 14.6 Å². The van der Waals surface area contributed by atoms with E-state index in [0.29, 0.717) is 19.3 Å². The van der Waals surface area contributed by atoms with Gasteiger partial charge in [0.15, 0.2) is 6.29 Å². The van der Waals surface area contributed by atoms with Crippen molar-refractivity contribution in [3.05, 3.63) is 0 Å². The number of likely N-dealkylation sites (tertiary alicyclic amines) is 1. The quantitative estimate of drug-likeness (QED) is 0.708. The minimum absolute atomic E-state index is 0.0538. The molecule has 4 heteroatoms. The first-order valence-corrected chi connectivity index (χ1v) is 5.50. The van der Waals surface area contributed by atoms with Crippen LogP contribution in [0.5, 0.6) is 0 Å². The molecule has 14 heavy (non-hydrogen) atoms. The van der Waals surface area contributed by atoms with Gasteiger partial charge in [-0.25, -0.2) is 0 Å². The molecule has 0 saturated carbocycles. The van der Waals surface area contributed by atoms with Gasteiger partial charge >= 0.3 is 0 Å². The largest absolute Gasteiger partial charge is 0.395 e. The Morgan fingerprint density at radius 2 is 2.00 bits per heavy atom. The van der Waals surface area contributed by atoms with Crippen LogP contribution in [0.3, 0.4) is 0 Å². The molecule has 0 aromatic heterocycles. The molecule has 2 aliphatic rings. The molecule has 0 unspecified atom stereocenters. The minimum Gasteiger partial charge on any atom is -0.395 e. The molecule has 1 atom stereocenters. The number of β-amino-alcohol motifs (C(OH)–C–C–N with tert-alkyl or cyclic N) is 1. The maximum absolute atomic E-state index is 8.96. The highest BCUT2D eigenvalue weighted by molar-refractivity contribution is 4.81. The monoisotopic (exact) mass is 201 g/mol. The van der Waals surface area contributed by atoms with Crippen LogP contribution in [0.2, 0.25) is 0 Å². The Kier molecular flexibility index (Phi) is 3.75. The molecule has 4 nitrogen and oxygen atoms in total. The maximum atomic E-state index is 8.96. The lowest BCUT2D eigenvalue weighted by molar-refractivity contribution is -0.110. The lowest BCUT2D eigenvalue weighted by Gasteiger charge is -2.37. The molecule has 2 aliphatic heterocycles. The summed E-state index contributed by atoms with van der Waals surface area (Å²) in [5.41, 5.74) is 0. The van der Waals surface area contributed by atoms with Crippen LogP contribution in [0.25, 0.3) is 0 Å². The van der Waals surface area contributed by atoms with Crippen LogP contribution in [0, 0.1) is 0 Å². The van der Waals surface area contributed by atoms with Gasteiger partial charge in [0.25, 0.3) is 0 Å². The molecule has 2 fully saturated rings. The van der Waals surface area contributed by atoms with E-state index in [2.05, 4.69) is 4.90 Å². The highest BCUT2D eigenvalue weighted by atomic mass is 16.7. The standard InChI is InChI=1S/C10H19NO3/c12-6-5-11-4-2-1-3-9(11)10-13-7-8-14-10/h9-10,12H,1-8H2/t9-/m0/s1. The summed E-state index contributed by atoms with van der Waals surface area (Å²) in [6.45, 7) is 3.47. The van der Waals surface area contributed by atoms with E-state index in [1.165, 1.54) is 12.8 Å². The third-order valence-electron chi connectivity index (χ3n) is 3.01. The fourth-order valence-corrected chi connectivity index (χ4v) is 2.33. The molecule has 0 bridgehead atoms. The number of aliphatic hydroxyl groups is 1. The number of rotatable bonds is 3. The minimum atomic E-state index is -0.0538. The van der Waals surface area contributed by atoms with Crippen LogP contribution in [-0.4, -0.2) is 55.2 Å². The summed E-state index contributed by atoms with van der Waals surface area (Å²) in [5, 5.41) is 8.96. The van der Waals surface area contributed by atoms with Crippen molar-refractivity contribution >= 4 is 0 Å². The highest BCUT2D eigenvalue weighted by Crippen LogP contribution is 2.23. The van der Waals surface area contributed by atoms with Gasteiger partial charge in [-0.2, -0.15) is 0 Å². The van der Waals surface area contributed by atoms with Gasteiger partial charge in [-0.1, -0.05) is 6.42 Å². The predicted molar refractivity (Wildman–Crippen MR) is 52.0 cm³/mol. The first kappa shape index (κ1) is 10.4. The smallest absolute Gasteiger partial charge is 0.173 e. The summed E-state index contributed by atoms with van der Waals surface area (Å²) in [7, 11) is 0. The normalized spacial score (nSPS) is 31.1. The number of nitrogens with zero attached hydrogens (tertiary/aromatic N) is 1. The van der Waals surface area contributed by atoms with E-state index in [1.54, 1.807) is 0 Å². The molecule has 0 spiro atoms. The Hall–Kier alpha value is -0.160. The average Bonchev–Trinajstić information content (AvgIpc) is 2.72. The second-order valence-electron chi connectivity index (χ2n) is 3.93. The Labute approximate surface area is 84.8 Å². The number of aliphatic hydroxyl groups excluding tert-OH is 1. The molecule has 0 aliphatic carbocycles. The Morgan fingerprint density at radius 3 is 2.71 bits per heavy atom. The van der Waals surface area contributed by atoms with Crippen molar-refractivity contribution in [2.45, 2.75) is 31.6 Å². The van der Waals surface area contributed by atoms with Crippen molar-refractivity contribution in [1.29, 1.82) is 0 Å². The molecule has 0 amide bonds. The Balaban J connectivity index is 1.91. The Bertz CT molecular complexity index is 169. The van der Waals surface area contributed by atoms with E-state index < -0.39 is 0 Å². The predicted octanol–water partition coefficient (Wildman–Crippen LogP) is 0.206. The highest BCUT2D eigenvalue weighted by Gasteiger charge is 2.33. The van der Waals surface area contributed by atoms with Crippen molar-refractivity contribution in [3.8, 4) is 0 Å². The lowest BCUT2D eigenvalue weighted by atomic mass is 10.0. The van der Waals surface area contributed by atoms with E-state index in [4.69, 9.17) is 14.6 Å². The fourth-order valence-electron chi connectivity index (χ4n) is 2.33.